The average Bonchev–Trinajstić information content (AvgIpc) is 2.70. The molecule has 1 fully saturated rings. The number of halogens is 2. The van der Waals surface area contributed by atoms with Crippen LogP contribution in [0.3, 0.4) is 0 Å². The lowest BCUT2D eigenvalue weighted by Crippen LogP contribution is -2.36. The predicted octanol–water partition coefficient (Wildman–Crippen LogP) is 5.14. The molecule has 3 rings (SSSR count). The van der Waals surface area contributed by atoms with Gasteiger partial charge < -0.3 is 14.8 Å². The molecule has 1 atom stereocenters. The maximum absolute atomic E-state index is 13.6. The number of nitrogens with one attached hydrogen (secondary N) is 1. The standard InChI is InChI=1S/C21H26ClFN2O2/c1-26-20-9-6-15(13-21(20)27-2)19-5-3-4-11-25(19)12-10-24-16-7-8-17(22)18(23)14-16/h6-9,13-14,19,24H,3-5,10-12H2,1-2H3. The molecule has 2 aromatic carbocycles. The maximum Gasteiger partial charge on any atom is 0.161 e. The number of nitrogens with zero attached hydrogens (tertiary/aromatic N) is 1. The number of hydrogen-bond donors (Lipinski definition) is 1. The Bertz CT molecular complexity index is 772. The van der Waals surface area contributed by atoms with E-state index in [0.717, 1.165) is 43.2 Å². The van der Waals surface area contributed by atoms with E-state index in [4.69, 9.17) is 21.1 Å². The van der Waals surface area contributed by atoms with Crippen LogP contribution in [-0.2, 0) is 0 Å². The van der Waals surface area contributed by atoms with Gasteiger partial charge in [0.15, 0.2) is 11.5 Å². The molecule has 0 radical (unpaired) electrons. The van der Waals surface area contributed by atoms with Crippen LogP contribution in [0.15, 0.2) is 36.4 Å². The van der Waals surface area contributed by atoms with Crippen molar-refractivity contribution in [3.63, 3.8) is 0 Å². The Morgan fingerprint density at radius 1 is 1.11 bits per heavy atom. The van der Waals surface area contributed by atoms with E-state index in [1.54, 1.807) is 26.4 Å². The molecule has 6 heteroatoms. The highest BCUT2D eigenvalue weighted by Crippen LogP contribution is 2.36. The molecule has 146 valence electrons. The fourth-order valence-electron chi connectivity index (χ4n) is 3.65. The van der Waals surface area contributed by atoms with Gasteiger partial charge in [0.2, 0.25) is 0 Å². The van der Waals surface area contributed by atoms with E-state index in [9.17, 15) is 4.39 Å². The highest BCUT2D eigenvalue weighted by molar-refractivity contribution is 6.30. The van der Waals surface area contributed by atoms with Crippen molar-refractivity contribution in [1.82, 2.24) is 4.90 Å². The predicted molar refractivity (Wildman–Crippen MR) is 108 cm³/mol. The van der Waals surface area contributed by atoms with Crippen LogP contribution in [0.25, 0.3) is 0 Å². The smallest absolute Gasteiger partial charge is 0.161 e. The normalized spacial score (nSPS) is 17.6. The summed E-state index contributed by atoms with van der Waals surface area (Å²) in [5, 5.41) is 3.43. The van der Waals surface area contributed by atoms with Gasteiger partial charge in [0.1, 0.15) is 5.82 Å². The van der Waals surface area contributed by atoms with Gasteiger partial charge in [-0.05, 0) is 55.3 Å². The van der Waals surface area contributed by atoms with Gasteiger partial charge in [-0.3, -0.25) is 4.90 Å². The number of methoxy groups -OCH3 is 2. The molecule has 0 spiro atoms. The van der Waals surface area contributed by atoms with Crippen molar-refractivity contribution >= 4 is 17.3 Å². The molecule has 4 nitrogen and oxygen atoms in total. The molecule has 1 heterocycles. The van der Waals surface area contributed by atoms with E-state index in [1.807, 2.05) is 6.07 Å². The quantitative estimate of drug-likeness (QED) is 0.707. The first-order chi connectivity index (χ1) is 13.1. The highest BCUT2D eigenvalue weighted by atomic mass is 35.5. The maximum atomic E-state index is 13.6. The highest BCUT2D eigenvalue weighted by Gasteiger charge is 2.24. The second kappa shape index (κ2) is 9.29. The number of hydrogen-bond acceptors (Lipinski definition) is 4. The topological polar surface area (TPSA) is 33.7 Å². The summed E-state index contributed by atoms with van der Waals surface area (Å²) < 4.78 is 24.4. The summed E-state index contributed by atoms with van der Waals surface area (Å²) in [6.45, 7) is 2.67. The first-order valence-corrected chi connectivity index (χ1v) is 9.65. The zero-order valence-electron chi connectivity index (χ0n) is 15.8. The van der Waals surface area contributed by atoms with Crippen molar-refractivity contribution in [2.45, 2.75) is 25.3 Å². The van der Waals surface area contributed by atoms with Crippen LogP contribution in [0.4, 0.5) is 10.1 Å². The Labute approximate surface area is 165 Å². The van der Waals surface area contributed by atoms with Crippen LogP contribution in [0, 0.1) is 5.82 Å². The number of benzene rings is 2. The summed E-state index contributed by atoms with van der Waals surface area (Å²) in [4.78, 5) is 2.48. The molecule has 1 aliphatic heterocycles. The minimum absolute atomic E-state index is 0.144. The monoisotopic (exact) mass is 392 g/mol. The molecule has 0 saturated carbocycles. The van der Waals surface area contributed by atoms with E-state index in [2.05, 4.69) is 22.3 Å². The third kappa shape index (κ3) is 4.85. The van der Waals surface area contributed by atoms with Crippen molar-refractivity contribution in [2.24, 2.45) is 0 Å². The summed E-state index contributed by atoms with van der Waals surface area (Å²) >= 11 is 5.74. The van der Waals surface area contributed by atoms with E-state index in [1.165, 1.54) is 24.5 Å². The van der Waals surface area contributed by atoms with Crippen LogP contribution in [0.1, 0.15) is 30.9 Å². The number of likely N-dealkylation sites (tertiary alicyclic amines) is 1. The number of piperidine rings is 1. The Morgan fingerprint density at radius 2 is 1.93 bits per heavy atom. The van der Waals surface area contributed by atoms with E-state index in [0.29, 0.717) is 6.04 Å². The summed E-state index contributed by atoms with van der Waals surface area (Å²) in [5.41, 5.74) is 1.99. The molecule has 2 aromatic rings. The third-order valence-electron chi connectivity index (χ3n) is 5.05. The summed E-state index contributed by atoms with van der Waals surface area (Å²) in [6.07, 6.45) is 3.52. The third-order valence-corrected chi connectivity index (χ3v) is 5.36. The lowest BCUT2D eigenvalue weighted by atomic mass is 9.95. The van der Waals surface area contributed by atoms with Crippen LogP contribution in [0.5, 0.6) is 11.5 Å². The molecule has 1 N–H and O–H groups in total. The van der Waals surface area contributed by atoms with Crippen LogP contribution in [-0.4, -0.2) is 38.8 Å². The van der Waals surface area contributed by atoms with E-state index in [-0.39, 0.29) is 5.02 Å². The zero-order valence-corrected chi connectivity index (χ0v) is 16.6. The molecular weight excluding hydrogens is 367 g/mol. The molecular formula is C21H26ClFN2O2. The second-order valence-corrected chi connectivity index (χ2v) is 7.12. The van der Waals surface area contributed by atoms with Gasteiger partial charge in [0.25, 0.3) is 0 Å². The van der Waals surface area contributed by atoms with E-state index < -0.39 is 5.82 Å². The van der Waals surface area contributed by atoms with Crippen LogP contribution < -0.4 is 14.8 Å². The van der Waals surface area contributed by atoms with Gasteiger partial charge in [-0.15, -0.1) is 0 Å². The molecule has 1 aliphatic rings. The molecule has 1 unspecified atom stereocenters. The minimum Gasteiger partial charge on any atom is -0.493 e. The van der Waals surface area contributed by atoms with E-state index >= 15 is 0 Å². The van der Waals surface area contributed by atoms with Gasteiger partial charge in [0.05, 0.1) is 19.2 Å². The largest absolute Gasteiger partial charge is 0.493 e. The fraction of sp³-hybridized carbons (Fsp3) is 0.429. The Kier molecular flexibility index (Phi) is 6.80. The van der Waals surface area contributed by atoms with Crippen molar-refractivity contribution in [1.29, 1.82) is 0 Å². The number of anilines is 1. The summed E-state index contributed by atoms with van der Waals surface area (Å²) in [6, 6.07) is 11.3. The molecule has 0 bridgehead atoms. The summed E-state index contributed by atoms with van der Waals surface area (Å²) in [5.74, 6) is 1.10. The van der Waals surface area contributed by atoms with Crippen LogP contribution >= 0.6 is 11.6 Å². The van der Waals surface area contributed by atoms with Gasteiger partial charge in [-0.2, -0.15) is 0 Å². The SMILES string of the molecule is COc1ccc(C2CCCCN2CCNc2ccc(Cl)c(F)c2)cc1OC. The van der Waals surface area contributed by atoms with Gasteiger partial charge in [-0.1, -0.05) is 24.1 Å². The van der Waals surface area contributed by atoms with Crippen molar-refractivity contribution < 1.29 is 13.9 Å². The van der Waals surface area contributed by atoms with Gasteiger partial charge in [-0.25, -0.2) is 4.39 Å². The zero-order chi connectivity index (χ0) is 19.2. The Morgan fingerprint density at radius 3 is 2.67 bits per heavy atom. The molecule has 0 amide bonds. The summed E-state index contributed by atoms with van der Waals surface area (Å²) in [7, 11) is 3.31. The lowest BCUT2D eigenvalue weighted by Gasteiger charge is -2.36. The molecule has 0 aromatic heterocycles. The first kappa shape index (κ1) is 19.8. The van der Waals surface area contributed by atoms with Crippen molar-refractivity contribution in [3.8, 4) is 11.5 Å². The Hall–Kier alpha value is -1.98. The molecule has 27 heavy (non-hydrogen) atoms. The molecule has 1 saturated heterocycles. The van der Waals surface area contributed by atoms with Gasteiger partial charge in [0, 0.05) is 24.8 Å². The average molecular weight is 393 g/mol. The number of ether oxygens (including phenoxy) is 2. The van der Waals surface area contributed by atoms with Crippen LogP contribution in [0.2, 0.25) is 5.02 Å². The fourth-order valence-corrected chi connectivity index (χ4v) is 3.76. The van der Waals surface area contributed by atoms with Crippen molar-refractivity contribution in [2.75, 3.05) is 39.2 Å². The second-order valence-electron chi connectivity index (χ2n) is 6.72. The van der Waals surface area contributed by atoms with Crippen molar-refractivity contribution in [3.05, 3.63) is 52.8 Å². The lowest BCUT2D eigenvalue weighted by molar-refractivity contribution is 0.154. The number of rotatable bonds is 7. The first-order valence-electron chi connectivity index (χ1n) is 9.27. The Balaban J connectivity index is 1.65. The van der Waals surface area contributed by atoms with Gasteiger partial charge >= 0.3 is 0 Å². The minimum atomic E-state index is -0.400. The molecule has 0 aliphatic carbocycles.